The molecule has 1 unspecified atom stereocenters. The maximum absolute atomic E-state index is 13.2. The van der Waals surface area contributed by atoms with Crippen molar-refractivity contribution in [3.63, 3.8) is 0 Å². The van der Waals surface area contributed by atoms with Crippen LogP contribution in [0.2, 0.25) is 18.1 Å². The van der Waals surface area contributed by atoms with E-state index in [4.69, 9.17) is 23.7 Å². The molecule has 35 heavy (non-hydrogen) atoms. The van der Waals surface area contributed by atoms with Crippen LogP contribution in [0.25, 0.3) is 0 Å². The first-order valence-electron chi connectivity index (χ1n) is 12.6. The SMILES string of the molecule is CC1(O[Si](C)(C)C(C)(C)C)CC(N[S+]([O-])C(C)(C)C)(c2ncc(B3OC(C)(C)C(C)(C)O3)cn2)C1. The number of rotatable bonds is 6. The maximum Gasteiger partial charge on any atom is 0.498 e. The predicted molar refractivity (Wildman–Crippen MR) is 146 cm³/mol. The van der Waals surface area contributed by atoms with E-state index in [-0.39, 0.29) is 10.6 Å². The van der Waals surface area contributed by atoms with E-state index in [1.807, 2.05) is 48.5 Å². The Morgan fingerprint density at radius 2 is 1.43 bits per heavy atom. The van der Waals surface area contributed by atoms with Crippen molar-refractivity contribution in [2.45, 2.75) is 134 Å². The third-order valence-corrected chi connectivity index (χ3v) is 14.4. The Morgan fingerprint density at radius 1 is 0.971 bits per heavy atom. The van der Waals surface area contributed by atoms with Crippen LogP contribution in [0.15, 0.2) is 12.4 Å². The summed E-state index contributed by atoms with van der Waals surface area (Å²) < 4.78 is 35.3. The van der Waals surface area contributed by atoms with Crippen molar-refractivity contribution in [3.05, 3.63) is 18.2 Å². The minimum absolute atomic E-state index is 0.108. The van der Waals surface area contributed by atoms with Gasteiger partial charge in [0.1, 0.15) is 10.3 Å². The van der Waals surface area contributed by atoms with Gasteiger partial charge in [0.25, 0.3) is 0 Å². The van der Waals surface area contributed by atoms with Crippen LogP contribution in [0.4, 0.5) is 0 Å². The lowest BCUT2D eigenvalue weighted by molar-refractivity contribution is -0.0725. The molecule has 1 aliphatic heterocycles. The first kappa shape index (κ1) is 29.1. The molecule has 198 valence electrons. The van der Waals surface area contributed by atoms with Crippen molar-refractivity contribution >= 4 is 32.3 Å². The number of aromatic nitrogens is 2. The Bertz CT molecular complexity index is 906. The molecule has 1 aromatic rings. The van der Waals surface area contributed by atoms with Crippen LogP contribution in [0, 0.1) is 0 Å². The van der Waals surface area contributed by atoms with Gasteiger partial charge in [-0.25, -0.2) is 9.97 Å². The molecule has 1 saturated carbocycles. The Morgan fingerprint density at radius 3 is 1.83 bits per heavy atom. The van der Waals surface area contributed by atoms with Crippen molar-refractivity contribution < 1.29 is 18.3 Å². The summed E-state index contributed by atoms with van der Waals surface area (Å²) >= 11 is -1.28. The lowest BCUT2D eigenvalue weighted by Crippen LogP contribution is -2.67. The van der Waals surface area contributed by atoms with Gasteiger partial charge in [0.05, 0.1) is 16.8 Å². The second-order valence-corrected chi connectivity index (χ2v) is 20.9. The molecular weight excluding hydrogens is 477 g/mol. The van der Waals surface area contributed by atoms with Gasteiger partial charge in [-0.3, -0.25) is 0 Å². The molecule has 2 heterocycles. The molecule has 0 radical (unpaired) electrons. The van der Waals surface area contributed by atoms with E-state index < -0.39 is 48.3 Å². The van der Waals surface area contributed by atoms with Crippen LogP contribution in [0.5, 0.6) is 0 Å². The van der Waals surface area contributed by atoms with E-state index in [1.165, 1.54) is 0 Å². The largest absolute Gasteiger partial charge is 0.598 e. The van der Waals surface area contributed by atoms with Crippen molar-refractivity contribution in [2.24, 2.45) is 0 Å². The number of nitrogens with zero attached hydrogens (tertiary/aromatic N) is 2. The zero-order chi connectivity index (χ0) is 26.9. The summed E-state index contributed by atoms with van der Waals surface area (Å²) in [4.78, 5) is 9.49. The number of hydrogen-bond acceptors (Lipinski definition) is 7. The lowest BCUT2D eigenvalue weighted by atomic mass is 9.66. The van der Waals surface area contributed by atoms with Gasteiger partial charge in [0, 0.05) is 42.1 Å². The molecule has 10 heteroatoms. The van der Waals surface area contributed by atoms with E-state index >= 15 is 0 Å². The molecule has 1 aromatic heterocycles. The van der Waals surface area contributed by atoms with Crippen LogP contribution in [0.1, 0.15) is 94.8 Å². The third kappa shape index (κ3) is 5.68. The topological polar surface area (TPSA) is 88.6 Å². The molecule has 0 spiro atoms. The normalized spacial score (nSPS) is 29.7. The second kappa shape index (κ2) is 8.78. The van der Waals surface area contributed by atoms with Crippen molar-refractivity contribution in [3.8, 4) is 0 Å². The van der Waals surface area contributed by atoms with E-state index in [2.05, 4.69) is 45.5 Å². The summed E-state index contributed by atoms with van der Waals surface area (Å²) in [5, 5.41) is 0.108. The summed E-state index contributed by atoms with van der Waals surface area (Å²) in [6.07, 6.45) is 4.87. The molecule has 1 aliphatic carbocycles. The average molecular weight is 524 g/mol. The molecule has 2 fully saturated rings. The highest BCUT2D eigenvalue weighted by molar-refractivity contribution is 7.90. The smallest absolute Gasteiger partial charge is 0.498 e. The highest BCUT2D eigenvalue weighted by atomic mass is 32.2. The monoisotopic (exact) mass is 523 g/mol. The van der Waals surface area contributed by atoms with Crippen molar-refractivity contribution in [1.82, 2.24) is 14.7 Å². The second-order valence-electron chi connectivity index (χ2n) is 14.2. The first-order valence-corrected chi connectivity index (χ1v) is 16.7. The van der Waals surface area contributed by atoms with E-state index in [0.29, 0.717) is 18.7 Å². The standard InChI is InChI=1S/C25H46BN3O4SSi/c1-20(2,3)34(30)29-25(16-24(11,17-25)33-35(12,13)21(4,5)6)19-27-14-18(15-28-19)26-31-22(7,8)23(9,10)32-26/h14-15,29H,16-17H2,1-13H3. The van der Waals surface area contributed by atoms with Crippen LogP contribution < -0.4 is 10.2 Å². The van der Waals surface area contributed by atoms with Gasteiger partial charge in [-0.05, 0) is 73.5 Å². The molecule has 0 aromatic carbocycles. The van der Waals surface area contributed by atoms with Crippen LogP contribution in [-0.2, 0) is 30.6 Å². The molecule has 3 rings (SSSR count). The summed E-state index contributed by atoms with van der Waals surface area (Å²) in [5.41, 5.74) is -1.03. The van der Waals surface area contributed by atoms with Crippen molar-refractivity contribution in [2.75, 3.05) is 0 Å². The molecule has 1 saturated heterocycles. The fourth-order valence-corrected chi connectivity index (χ4v) is 6.94. The number of hydrogen-bond donors (Lipinski definition) is 1. The highest BCUT2D eigenvalue weighted by Gasteiger charge is 2.61. The zero-order valence-corrected chi connectivity index (χ0v) is 25.9. The van der Waals surface area contributed by atoms with Crippen LogP contribution in [-0.4, -0.2) is 51.5 Å². The summed E-state index contributed by atoms with van der Waals surface area (Å²) in [6, 6.07) is 0. The minimum atomic E-state index is -1.98. The Hall–Kier alpha value is -0.488. The Kier molecular flexibility index (Phi) is 7.29. The quantitative estimate of drug-likeness (QED) is 0.431. The Balaban J connectivity index is 1.87. The van der Waals surface area contributed by atoms with Crippen LogP contribution in [0.3, 0.4) is 0 Å². The van der Waals surface area contributed by atoms with Gasteiger partial charge in [0.2, 0.25) is 0 Å². The van der Waals surface area contributed by atoms with Gasteiger partial charge >= 0.3 is 7.12 Å². The van der Waals surface area contributed by atoms with Gasteiger partial charge in [-0.2, -0.15) is 0 Å². The number of nitrogens with one attached hydrogen (secondary N) is 1. The molecule has 7 nitrogen and oxygen atoms in total. The average Bonchev–Trinajstić information content (AvgIpc) is 2.85. The molecule has 0 bridgehead atoms. The van der Waals surface area contributed by atoms with E-state index in [9.17, 15) is 4.55 Å². The van der Waals surface area contributed by atoms with Gasteiger partial charge < -0.3 is 18.3 Å². The minimum Gasteiger partial charge on any atom is -0.598 e. The molecule has 2 aliphatic rings. The highest BCUT2D eigenvalue weighted by Crippen LogP contribution is 2.53. The van der Waals surface area contributed by atoms with E-state index in [0.717, 1.165) is 5.46 Å². The molecule has 1 atom stereocenters. The van der Waals surface area contributed by atoms with Crippen LogP contribution >= 0.6 is 0 Å². The summed E-state index contributed by atoms with van der Waals surface area (Å²) in [6.45, 7) is 27.5. The Labute approximate surface area is 217 Å². The fraction of sp³-hybridized carbons (Fsp3) is 0.840. The predicted octanol–water partition coefficient (Wildman–Crippen LogP) is 4.60. The van der Waals surface area contributed by atoms with E-state index in [1.54, 1.807) is 12.4 Å². The molecular formula is C25H46BN3O4SSi. The maximum atomic E-state index is 13.2. The molecule has 0 amide bonds. The summed E-state index contributed by atoms with van der Waals surface area (Å²) in [7, 11) is -2.50. The first-order chi connectivity index (χ1) is 15.5. The van der Waals surface area contributed by atoms with Gasteiger partial charge in [-0.15, -0.1) is 4.72 Å². The van der Waals surface area contributed by atoms with Gasteiger partial charge in [0.15, 0.2) is 14.1 Å². The summed E-state index contributed by atoms with van der Waals surface area (Å²) in [5.74, 6) is 0.631. The van der Waals surface area contributed by atoms with Crippen molar-refractivity contribution in [1.29, 1.82) is 0 Å². The third-order valence-electron chi connectivity index (χ3n) is 8.13. The molecule has 1 N–H and O–H groups in total. The zero-order valence-electron chi connectivity index (χ0n) is 24.1. The fourth-order valence-electron chi connectivity index (χ4n) is 4.36. The van der Waals surface area contributed by atoms with Gasteiger partial charge in [-0.1, -0.05) is 20.8 Å². The lowest BCUT2D eigenvalue weighted by Gasteiger charge is -2.56.